The molecule has 2 heterocycles. The highest BCUT2D eigenvalue weighted by molar-refractivity contribution is 5.96. The lowest BCUT2D eigenvalue weighted by atomic mass is 10.1. The molecule has 0 aliphatic rings. The van der Waals surface area contributed by atoms with Crippen molar-refractivity contribution in [2.24, 2.45) is 5.92 Å². The van der Waals surface area contributed by atoms with E-state index in [1.165, 1.54) is 5.56 Å². The van der Waals surface area contributed by atoms with Gasteiger partial charge < -0.3 is 5.73 Å². The van der Waals surface area contributed by atoms with Gasteiger partial charge in [0.2, 0.25) is 0 Å². The fraction of sp³-hybridized carbons (Fsp3) is 0.333. The second-order valence-corrected chi connectivity index (χ2v) is 5.52. The third-order valence-corrected chi connectivity index (χ3v) is 3.24. The molecule has 4 nitrogen and oxygen atoms in total. The van der Waals surface area contributed by atoms with Crippen molar-refractivity contribution in [2.45, 2.75) is 27.3 Å². The van der Waals surface area contributed by atoms with Crippen LogP contribution in [-0.2, 0) is 6.54 Å². The molecule has 0 amide bonds. The number of pyridine rings is 1. The van der Waals surface area contributed by atoms with Crippen molar-refractivity contribution >= 4 is 27.8 Å². The molecule has 0 saturated heterocycles. The summed E-state index contributed by atoms with van der Waals surface area (Å²) in [6.45, 7) is 7.23. The summed E-state index contributed by atoms with van der Waals surface area (Å²) in [6, 6.07) is 8.34. The van der Waals surface area contributed by atoms with Gasteiger partial charge in [0, 0.05) is 11.9 Å². The number of nitrogens with two attached hydrogens (primary N) is 1. The molecule has 3 aromatic rings. The maximum absolute atomic E-state index is 6.00. The van der Waals surface area contributed by atoms with Crippen molar-refractivity contribution in [3.63, 3.8) is 0 Å². The minimum absolute atomic E-state index is 0.512. The Balaban J connectivity index is 2.30. The van der Waals surface area contributed by atoms with Gasteiger partial charge in [-0.05, 0) is 30.5 Å². The van der Waals surface area contributed by atoms with Crippen LogP contribution in [0.5, 0.6) is 0 Å². The van der Waals surface area contributed by atoms with E-state index in [2.05, 4.69) is 50.1 Å². The average Bonchev–Trinajstić information content (AvgIpc) is 2.63. The van der Waals surface area contributed by atoms with Crippen LogP contribution in [0.25, 0.3) is 21.9 Å². The zero-order valence-corrected chi connectivity index (χ0v) is 11.5. The summed E-state index contributed by atoms with van der Waals surface area (Å²) in [5.41, 5.74) is 9.09. The van der Waals surface area contributed by atoms with Crippen LogP contribution in [0.3, 0.4) is 0 Å². The van der Waals surface area contributed by atoms with Gasteiger partial charge in [-0.25, -0.2) is 9.67 Å². The van der Waals surface area contributed by atoms with Gasteiger partial charge >= 0.3 is 0 Å². The average molecular weight is 254 g/mol. The molecule has 0 aliphatic carbocycles. The molecular weight excluding hydrogens is 236 g/mol. The van der Waals surface area contributed by atoms with E-state index in [1.807, 2.05) is 4.68 Å². The first-order chi connectivity index (χ1) is 9.04. The number of nitrogens with zero attached hydrogens (tertiary/aromatic N) is 3. The van der Waals surface area contributed by atoms with Crippen LogP contribution in [0.2, 0.25) is 0 Å². The zero-order chi connectivity index (χ0) is 13.6. The van der Waals surface area contributed by atoms with Crippen molar-refractivity contribution in [2.75, 3.05) is 5.73 Å². The van der Waals surface area contributed by atoms with E-state index in [0.717, 1.165) is 28.5 Å². The van der Waals surface area contributed by atoms with E-state index in [9.17, 15) is 0 Å². The number of nitrogen functional groups attached to an aromatic ring is 1. The Morgan fingerprint density at radius 1 is 1.26 bits per heavy atom. The molecule has 1 aromatic carbocycles. The third kappa shape index (κ3) is 2.03. The molecule has 0 bridgehead atoms. The van der Waals surface area contributed by atoms with Crippen LogP contribution in [0.15, 0.2) is 24.3 Å². The summed E-state index contributed by atoms with van der Waals surface area (Å²) in [5.74, 6) is 1.07. The predicted octanol–water partition coefficient (Wildman–Crippen LogP) is 3.13. The number of benzene rings is 1. The summed E-state index contributed by atoms with van der Waals surface area (Å²) in [5, 5.41) is 6.45. The minimum atomic E-state index is 0.512. The van der Waals surface area contributed by atoms with E-state index >= 15 is 0 Å². The molecule has 2 aromatic heterocycles. The fourth-order valence-corrected chi connectivity index (χ4v) is 2.36. The van der Waals surface area contributed by atoms with Crippen LogP contribution in [0.1, 0.15) is 19.4 Å². The fourth-order valence-electron chi connectivity index (χ4n) is 2.36. The largest absolute Gasteiger partial charge is 0.382 e. The Kier molecular flexibility index (Phi) is 2.66. The van der Waals surface area contributed by atoms with Crippen LogP contribution < -0.4 is 5.73 Å². The van der Waals surface area contributed by atoms with Crippen LogP contribution in [0, 0.1) is 12.8 Å². The number of rotatable bonds is 2. The van der Waals surface area contributed by atoms with Crippen LogP contribution in [0.4, 0.5) is 5.82 Å². The van der Waals surface area contributed by atoms with Crippen molar-refractivity contribution < 1.29 is 0 Å². The van der Waals surface area contributed by atoms with Crippen molar-refractivity contribution in [3.05, 3.63) is 29.8 Å². The molecule has 4 heteroatoms. The number of hydrogen-bond acceptors (Lipinski definition) is 3. The summed E-state index contributed by atoms with van der Waals surface area (Å²) in [7, 11) is 0. The van der Waals surface area contributed by atoms with Gasteiger partial charge in [0.15, 0.2) is 11.5 Å². The number of fused-ring (bicyclic) bond motifs is 2. The second kappa shape index (κ2) is 4.23. The van der Waals surface area contributed by atoms with E-state index in [-0.39, 0.29) is 0 Å². The van der Waals surface area contributed by atoms with E-state index in [0.29, 0.717) is 11.7 Å². The highest BCUT2D eigenvalue weighted by Crippen LogP contribution is 2.25. The maximum Gasteiger partial charge on any atom is 0.160 e. The van der Waals surface area contributed by atoms with Gasteiger partial charge in [-0.15, -0.1) is 0 Å². The minimum Gasteiger partial charge on any atom is -0.382 e. The van der Waals surface area contributed by atoms with E-state index < -0.39 is 0 Å². The molecule has 0 aliphatic heterocycles. The normalized spacial score (nSPS) is 11.8. The number of aryl methyl sites for hydroxylation is 1. The number of anilines is 1. The predicted molar refractivity (Wildman–Crippen MR) is 79.0 cm³/mol. The van der Waals surface area contributed by atoms with E-state index in [4.69, 9.17) is 10.7 Å². The standard InChI is InChI=1S/C15H18N4/c1-9(2)8-19-15-12(14(16)18-19)7-11-5-4-10(3)6-13(11)17-15/h4-7,9H,8H2,1-3H3,(H2,16,18). The third-order valence-electron chi connectivity index (χ3n) is 3.24. The molecule has 0 radical (unpaired) electrons. The molecule has 2 N–H and O–H groups in total. The molecular formula is C15H18N4. The molecule has 0 fully saturated rings. The van der Waals surface area contributed by atoms with Gasteiger partial charge in [-0.2, -0.15) is 5.10 Å². The Bertz CT molecular complexity index is 756. The Hall–Kier alpha value is -2.10. The molecule has 19 heavy (non-hydrogen) atoms. The van der Waals surface area contributed by atoms with E-state index in [1.54, 1.807) is 0 Å². The smallest absolute Gasteiger partial charge is 0.160 e. The van der Waals surface area contributed by atoms with Gasteiger partial charge in [0.1, 0.15) is 0 Å². The quantitative estimate of drug-likeness (QED) is 0.764. The van der Waals surface area contributed by atoms with Crippen LogP contribution >= 0.6 is 0 Å². The van der Waals surface area contributed by atoms with Gasteiger partial charge in [0.25, 0.3) is 0 Å². The topological polar surface area (TPSA) is 56.7 Å². The molecule has 0 saturated carbocycles. The Morgan fingerprint density at radius 3 is 2.79 bits per heavy atom. The van der Waals surface area contributed by atoms with Crippen molar-refractivity contribution in [3.8, 4) is 0 Å². The summed E-state index contributed by atoms with van der Waals surface area (Å²) in [4.78, 5) is 4.73. The molecule has 0 atom stereocenters. The number of aromatic nitrogens is 3. The molecule has 0 unspecified atom stereocenters. The first-order valence-corrected chi connectivity index (χ1v) is 6.58. The van der Waals surface area contributed by atoms with Crippen molar-refractivity contribution in [1.29, 1.82) is 0 Å². The van der Waals surface area contributed by atoms with Gasteiger partial charge in [-0.3, -0.25) is 0 Å². The first kappa shape index (κ1) is 12.0. The summed E-state index contributed by atoms with van der Waals surface area (Å²) in [6.07, 6.45) is 0. The Morgan fingerprint density at radius 2 is 2.05 bits per heavy atom. The SMILES string of the molecule is Cc1ccc2cc3c(N)nn(CC(C)C)c3nc2c1. The Labute approximate surface area is 112 Å². The zero-order valence-electron chi connectivity index (χ0n) is 11.5. The lowest BCUT2D eigenvalue weighted by Gasteiger charge is -2.06. The lowest BCUT2D eigenvalue weighted by molar-refractivity contribution is 0.494. The van der Waals surface area contributed by atoms with Gasteiger partial charge in [-0.1, -0.05) is 26.0 Å². The first-order valence-electron chi connectivity index (χ1n) is 6.58. The van der Waals surface area contributed by atoms with Crippen molar-refractivity contribution in [1.82, 2.24) is 14.8 Å². The molecule has 0 spiro atoms. The number of hydrogen-bond donors (Lipinski definition) is 1. The molecule has 98 valence electrons. The maximum atomic E-state index is 6.00. The van der Waals surface area contributed by atoms with Crippen LogP contribution in [-0.4, -0.2) is 14.8 Å². The second-order valence-electron chi connectivity index (χ2n) is 5.52. The summed E-state index contributed by atoms with van der Waals surface area (Å²) < 4.78 is 1.91. The highest BCUT2D eigenvalue weighted by atomic mass is 15.3. The monoisotopic (exact) mass is 254 g/mol. The lowest BCUT2D eigenvalue weighted by Crippen LogP contribution is -2.07. The molecule has 3 rings (SSSR count). The summed E-state index contributed by atoms with van der Waals surface area (Å²) >= 11 is 0. The van der Waals surface area contributed by atoms with Gasteiger partial charge in [0.05, 0.1) is 10.9 Å². The highest BCUT2D eigenvalue weighted by Gasteiger charge is 2.11.